The normalized spacial score (nSPS) is 24.7. The number of nitrogens with zero attached hydrogens (tertiary/aromatic N) is 1. The molecule has 2 aliphatic heterocycles. The standard InChI is InChI=1S/C44H66FN11O14S/c1-5-23(4)37-43(67)51-27(10-11-33(46)58)39(63)53-31(19-34(47)59)40(64)52-28(12-14-71(69,70)15-13-36(61)50-30(41(65)55-37)17-24-6-8-26(57)9-7-24)44(68)56-21-25(45)18-32(56)42(66)54-29(16-22(2)3)38(62)49-20-35(48)60/h6-9,22-23,25,27-32,37,57H,5,10-21H2,1-4H3,(H2,46,58)(H2,47,59)(H2,48,60)(H,49,62)(H,50,61)(H,51,67)(H,52,64)(H,53,63)(H,54,66)(H,55,65)/t23-,25+,27-,28-,29-,30+,31-,32-,37-/m0/s1. The minimum atomic E-state index is -4.36. The third-order valence-electron chi connectivity index (χ3n) is 11.8. The summed E-state index contributed by atoms with van der Waals surface area (Å²) in [5.41, 5.74) is 16.4. The van der Waals surface area contributed by atoms with E-state index in [9.17, 15) is 66.3 Å². The van der Waals surface area contributed by atoms with Crippen LogP contribution in [0.25, 0.3) is 0 Å². The van der Waals surface area contributed by atoms with Crippen molar-refractivity contribution in [1.82, 2.24) is 42.1 Å². The first-order valence-corrected chi connectivity index (χ1v) is 24.9. The van der Waals surface area contributed by atoms with E-state index in [4.69, 9.17) is 17.2 Å². The molecule has 1 aromatic carbocycles. The Hall–Kier alpha value is -6.93. The maximum Gasteiger partial charge on any atom is 0.245 e. The molecule has 0 saturated carbocycles. The number of primary amides is 3. The zero-order valence-corrected chi connectivity index (χ0v) is 40.8. The van der Waals surface area contributed by atoms with Crippen LogP contribution in [0, 0.1) is 11.8 Å². The van der Waals surface area contributed by atoms with Crippen LogP contribution in [0.1, 0.15) is 84.6 Å². The van der Waals surface area contributed by atoms with Crippen LogP contribution >= 0.6 is 0 Å². The van der Waals surface area contributed by atoms with Gasteiger partial charge >= 0.3 is 0 Å². The summed E-state index contributed by atoms with van der Waals surface area (Å²) in [5.74, 6) is -14.1. The molecule has 0 spiro atoms. The summed E-state index contributed by atoms with van der Waals surface area (Å²) in [7, 11) is -4.36. The van der Waals surface area contributed by atoms with Gasteiger partial charge in [-0.1, -0.05) is 46.2 Å². The van der Waals surface area contributed by atoms with E-state index in [0.29, 0.717) is 5.56 Å². The van der Waals surface area contributed by atoms with Crippen LogP contribution in [0.2, 0.25) is 0 Å². The number of halogens is 1. The Balaban J connectivity index is 2.12. The topological polar surface area (TPSA) is 408 Å². The van der Waals surface area contributed by atoms with Crippen LogP contribution in [-0.2, 0) is 69.0 Å². The van der Waals surface area contributed by atoms with E-state index in [2.05, 4.69) is 37.2 Å². The minimum Gasteiger partial charge on any atom is -0.508 e. The molecule has 27 heteroatoms. The lowest BCUT2D eigenvalue weighted by Crippen LogP contribution is -2.61. The molecule has 0 radical (unpaired) electrons. The van der Waals surface area contributed by atoms with Crippen LogP contribution in [0.4, 0.5) is 4.39 Å². The average molecular weight is 1020 g/mol. The van der Waals surface area contributed by atoms with E-state index in [1.165, 1.54) is 24.3 Å². The number of carbonyl (C=O) groups excluding carboxylic acids is 11. The molecular formula is C44H66FN11O14S. The molecule has 9 atom stereocenters. The van der Waals surface area contributed by atoms with Gasteiger partial charge in [-0.2, -0.15) is 0 Å². The van der Waals surface area contributed by atoms with Crippen LogP contribution in [0.5, 0.6) is 5.75 Å². The van der Waals surface area contributed by atoms with Crippen molar-refractivity contribution in [3.05, 3.63) is 29.8 Å². The first-order valence-electron chi connectivity index (χ1n) is 23.1. The van der Waals surface area contributed by atoms with E-state index in [1.807, 2.05) is 0 Å². The van der Waals surface area contributed by atoms with E-state index in [-0.39, 0.29) is 30.9 Å². The number of nitrogens with one attached hydrogen (secondary N) is 7. The largest absolute Gasteiger partial charge is 0.508 e. The van der Waals surface area contributed by atoms with Crippen LogP contribution in [0.15, 0.2) is 24.3 Å². The molecule has 25 nitrogen and oxygen atoms in total. The number of alkyl halides is 1. The Bertz CT molecular complexity index is 2270. The molecule has 0 bridgehead atoms. The van der Waals surface area contributed by atoms with Crippen molar-refractivity contribution in [2.75, 3.05) is 24.6 Å². The molecule has 0 unspecified atom stereocenters. The molecule has 2 heterocycles. The van der Waals surface area contributed by atoms with Gasteiger partial charge in [-0.05, 0) is 48.8 Å². The second kappa shape index (κ2) is 26.9. The van der Waals surface area contributed by atoms with E-state index in [0.717, 1.165) is 4.90 Å². The highest BCUT2D eigenvalue weighted by Crippen LogP contribution is 2.24. The molecule has 71 heavy (non-hydrogen) atoms. The number of benzene rings is 1. The zero-order chi connectivity index (χ0) is 53.3. The van der Waals surface area contributed by atoms with Gasteiger partial charge in [0.2, 0.25) is 65.0 Å². The van der Waals surface area contributed by atoms with Gasteiger partial charge in [0.05, 0.1) is 31.0 Å². The Kier molecular flexibility index (Phi) is 22.1. The smallest absolute Gasteiger partial charge is 0.245 e. The van der Waals surface area contributed by atoms with Gasteiger partial charge in [0.25, 0.3) is 0 Å². The fourth-order valence-corrected chi connectivity index (χ4v) is 9.02. The summed E-state index contributed by atoms with van der Waals surface area (Å²) in [4.78, 5) is 147. The Morgan fingerprint density at radius 1 is 0.817 bits per heavy atom. The van der Waals surface area contributed by atoms with Gasteiger partial charge in [-0.25, -0.2) is 12.8 Å². The first kappa shape index (κ1) is 58.4. The second-order valence-electron chi connectivity index (χ2n) is 18.1. The fraction of sp³-hybridized carbons (Fsp3) is 0.614. The number of hydrogen-bond acceptors (Lipinski definition) is 14. The van der Waals surface area contributed by atoms with Gasteiger partial charge in [0.15, 0.2) is 9.84 Å². The number of phenols is 1. The van der Waals surface area contributed by atoms with Crippen molar-refractivity contribution < 1.29 is 70.7 Å². The quantitative estimate of drug-likeness (QED) is 0.0706. The van der Waals surface area contributed by atoms with Gasteiger partial charge in [-0.3, -0.25) is 52.7 Å². The van der Waals surface area contributed by atoms with Crippen LogP contribution in [-0.4, -0.2) is 156 Å². The van der Waals surface area contributed by atoms with Crippen molar-refractivity contribution in [3.8, 4) is 5.75 Å². The lowest BCUT2D eigenvalue weighted by atomic mass is 9.96. The minimum absolute atomic E-state index is 0.0232. The van der Waals surface area contributed by atoms with Crippen molar-refractivity contribution in [1.29, 1.82) is 0 Å². The number of nitrogens with two attached hydrogens (primary N) is 3. The molecule has 1 aromatic rings. The molecule has 3 rings (SSSR count). The number of amides is 11. The highest BCUT2D eigenvalue weighted by molar-refractivity contribution is 7.91. The van der Waals surface area contributed by atoms with Crippen molar-refractivity contribution in [3.63, 3.8) is 0 Å². The van der Waals surface area contributed by atoms with Gasteiger partial charge in [0, 0.05) is 25.7 Å². The van der Waals surface area contributed by atoms with E-state index in [1.54, 1.807) is 27.7 Å². The number of rotatable bonds is 17. The predicted octanol–water partition coefficient (Wildman–Crippen LogP) is -4.17. The number of phenolic OH excluding ortho intramolecular Hbond substituents is 1. The molecule has 2 aliphatic rings. The van der Waals surface area contributed by atoms with Crippen molar-refractivity contribution in [2.45, 2.75) is 134 Å². The maximum atomic E-state index is 15.3. The first-order chi connectivity index (χ1) is 33.2. The predicted molar refractivity (Wildman–Crippen MR) is 250 cm³/mol. The second-order valence-corrected chi connectivity index (χ2v) is 20.4. The molecule has 0 aliphatic carbocycles. The van der Waals surface area contributed by atoms with Crippen LogP contribution in [0.3, 0.4) is 0 Å². The molecular weight excluding hydrogens is 958 g/mol. The molecule has 394 valence electrons. The molecule has 2 saturated heterocycles. The van der Waals surface area contributed by atoms with Gasteiger partial charge < -0.3 is 64.4 Å². The summed E-state index contributed by atoms with van der Waals surface area (Å²) in [6, 6.07) is -5.84. The van der Waals surface area contributed by atoms with Crippen molar-refractivity contribution in [2.24, 2.45) is 29.0 Å². The third-order valence-corrected chi connectivity index (χ3v) is 13.4. The number of likely N-dealkylation sites (tertiary alicyclic amines) is 1. The van der Waals surface area contributed by atoms with Gasteiger partial charge in [0.1, 0.15) is 54.2 Å². The summed E-state index contributed by atoms with van der Waals surface area (Å²) in [6.45, 7) is 5.39. The third kappa shape index (κ3) is 19.1. The molecule has 0 aromatic heterocycles. The highest BCUT2D eigenvalue weighted by Gasteiger charge is 2.44. The number of sulfone groups is 1. The Labute approximate surface area is 409 Å². The number of aromatic hydroxyl groups is 1. The van der Waals surface area contributed by atoms with E-state index >= 15 is 4.39 Å². The maximum absolute atomic E-state index is 15.3. The van der Waals surface area contributed by atoms with E-state index < -0.39 is 192 Å². The fourth-order valence-electron chi connectivity index (χ4n) is 7.72. The summed E-state index contributed by atoms with van der Waals surface area (Å²) < 4.78 is 42.5. The SMILES string of the molecule is CC[C@H](C)[C@@H]1NC(=O)[C@@H](Cc2ccc(O)cc2)NC(=O)CCS(=O)(=O)CC[C@@H](C(=O)N2C[C@H](F)C[C@H]2C(=O)N[C@@H](CC(C)C)C(=O)NCC(N)=O)NC(=O)[C@H](CC(N)=O)NC(=O)[C@H](CCC(N)=O)NC1=O. The highest BCUT2D eigenvalue weighted by atomic mass is 32.2. The monoisotopic (exact) mass is 1020 g/mol. The summed E-state index contributed by atoms with van der Waals surface area (Å²) >= 11 is 0. The molecule has 11 amide bonds. The Morgan fingerprint density at radius 3 is 2.03 bits per heavy atom. The number of carbonyl (C=O) groups is 11. The van der Waals surface area contributed by atoms with Gasteiger partial charge in [-0.15, -0.1) is 0 Å². The van der Waals surface area contributed by atoms with Crippen molar-refractivity contribution >= 4 is 74.8 Å². The molecule has 14 N–H and O–H groups in total. The number of hydrogen-bond donors (Lipinski definition) is 11. The zero-order valence-electron chi connectivity index (χ0n) is 40.0. The average Bonchev–Trinajstić information content (AvgIpc) is 3.69. The van der Waals surface area contributed by atoms with Crippen LogP contribution < -0.4 is 54.4 Å². The Morgan fingerprint density at radius 2 is 1.44 bits per heavy atom. The lowest BCUT2D eigenvalue weighted by molar-refractivity contribution is -0.143. The summed E-state index contributed by atoms with van der Waals surface area (Å²) in [5, 5.41) is 26.6. The molecule has 2 fully saturated rings. The lowest BCUT2D eigenvalue weighted by Gasteiger charge is -2.31. The summed E-state index contributed by atoms with van der Waals surface area (Å²) in [6.07, 6.45) is -5.84.